The van der Waals surface area contributed by atoms with E-state index in [1.165, 1.54) is 0 Å². The van der Waals surface area contributed by atoms with Crippen LogP contribution in [0.2, 0.25) is 0 Å². The molecule has 0 radical (unpaired) electrons. The Morgan fingerprint density at radius 2 is 1.44 bits per heavy atom. The number of carbonyl (C=O) groups is 1. The van der Waals surface area contributed by atoms with Crippen molar-refractivity contribution in [2.75, 3.05) is 0 Å². The van der Waals surface area contributed by atoms with Gasteiger partial charge in [0.15, 0.2) is 0 Å². The van der Waals surface area contributed by atoms with Gasteiger partial charge in [0.1, 0.15) is 0 Å². The fourth-order valence-corrected chi connectivity index (χ4v) is 2.26. The SMILES string of the molecule is Cc1cc(C)c(C)c(C(C)(C)C(=O)O)c1C. The minimum absolute atomic E-state index is 0.774. The summed E-state index contributed by atoms with van der Waals surface area (Å²) in [5.41, 5.74) is 4.63. The quantitative estimate of drug-likeness (QED) is 0.830. The lowest BCUT2D eigenvalue weighted by atomic mass is 9.77. The Morgan fingerprint density at radius 3 is 1.75 bits per heavy atom. The lowest BCUT2D eigenvalue weighted by Gasteiger charge is -2.26. The van der Waals surface area contributed by atoms with Crippen LogP contribution in [0.4, 0.5) is 0 Å². The van der Waals surface area contributed by atoms with Gasteiger partial charge >= 0.3 is 5.97 Å². The summed E-state index contributed by atoms with van der Waals surface area (Å²) < 4.78 is 0. The van der Waals surface area contributed by atoms with E-state index >= 15 is 0 Å². The first-order valence-corrected chi connectivity index (χ1v) is 5.51. The van der Waals surface area contributed by atoms with Crippen LogP contribution < -0.4 is 0 Å². The predicted octanol–water partition coefficient (Wildman–Crippen LogP) is 3.28. The highest BCUT2D eigenvalue weighted by Crippen LogP contribution is 2.33. The maximum absolute atomic E-state index is 11.3. The van der Waals surface area contributed by atoms with Crippen LogP contribution in [-0.2, 0) is 10.2 Å². The van der Waals surface area contributed by atoms with Crippen LogP contribution in [0, 0.1) is 27.7 Å². The monoisotopic (exact) mass is 220 g/mol. The molecular formula is C14H20O2. The van der Waals surface area contributed by atoms with E-state index in [2.05, 4.69) is 6.07 Å². The normalized spacial score (nSPS) is 11.6. The molecular weight excluding hydrogens is 200 g/mol. The second kappa shape index (κ2) is 3.93. The van der Waals surface area contributed by atoms with Crippen molar-refractivity contribution in [2.45, 2.75) is 47.0 Å². The first-order valence-electron chi connectivity index (χ1n) is 5.51. The fourth-order valence-electron chi connectivity index (χ4n) is 2.26. The molecule has 1 N–H and O–H groups in total. The minimum Gasteiger partial charge on any atom is -0.481 e. The molecule has 0 saturated carbocycles. The van der Waals surface area contributed by atoms with Gasteiger partial charge in [-0.3, -0.25) is 4.79 Å². The molecule has 0 atom stereocenters. The van der Waals surface area contributed by atoms with Gasteiger partial charge in [0.2, 0.25) is 0 Å². The Bertz CT molecular complexity index is 416. The van der Waals surface area contributed by atoms with Gasteiger partial charge in [-0.05, 0) is 69.4 Å². The van der Waals surface area contributed by atoms with Crippen molar-refractivity contribution < 1.29 is 9.90 Å². The Kier molecular flexibility index (Phi) is 3.13. The number of benzene rings is 1. The van der Waals surface area contributed by atoms with Crippen LogP contribution in [-0.4, -0.2) is 11.1 Å². The first-order chi connectivity index (χ1) is 7.19. The van der Waals surface area contributed by atoms with Gasteiger partial charge < -0.3 is 5.11 Å². The van der Waals surface area contributed by atoms with E-state index < -0.39 is 11.4 Å². The highest BCUT2D eigenvalue weighted by atomic mass is 16.4. The second-order valence-electron chi connectivity index (χ2n) is 5.07. The summed E-state index contributed by atoms with van der Waals surface area (Å²) >= 11 is 0. The lowest BCUT2D eigenvalue weighted by Crippen LogP contribution is -2.31. The summed E-state index contributed by atoms with van der Waals surface area (Å²) in [7, 11) is 0. The molecule has 0 bridgehead atoms. The maximum Gasteiger partial charge on any atom is 0.313 e. The molecule has 2 nitrogen and oxygen atoms in total. The zero-order valence-corrected chi connectivity index (χ0v) is 10.9. The highest BCUT2D eigenvalue weighted by molar-refractivity contribution is 5.81. The third-order valence-corrected chi connectivity index (χ3v) is 3.53. The van der Waals surface area contributed by atoms with Crippen molar-refractivity contribution in [3.05, 3.63) is 33.9 Å². The average Bonchev–Trinajstić information content (AvgIpc) is 2.14. The summed E-state index contributed by atoms with van der Waals surface area (Å²) in [6.45, 7) is 11.6. The average molecular weight is 220 g/mol. The van der Waals surface area contributed by atoms with E-state index in [-0.39, 0.29) is 0 Å². The van der Waals surface area contributed by atoms with E-state index in [4.69, 9.17) is 0 Å². The van der Waals surface area contributed by atoms with Gasteiger partial charge in [0.25, 0.3) is 0 Å². The summed E-state index contributed by atoms with van der Waals surface area (Å²) in [5.74, 6) is -0.774. The van der Waals surface area contributed by atoms with Crippen molar-refractivity contribution in [1.82, 2.24) is 0 Å². The fraction of sp³-hybridized carbons (Fsp3) is 0.500. The smallest absolute Gasteiger partial charge is 0.313 e. The van der Waals surface area contributed by atoms with Gasteiger partial charge in [0.05, 0.1) is 5.41 Å². The van der Waals surface area contributed by atoms with Gasteiger partial charge in [-0.15, -0.1) is 0 Å². The number of aryl methyl sites for hydroxylation is 2. The van der Waals surface area contributed by atoms with Gasteiger partial charge in [-0.2, -0.15) is 0 Å². The van der Waals surface area contributed by atoms with Gasteiger partial charge in [0, 0.05) is 0 Å². The van der Waals surface area contributed by atoms with Gasteiger partial charge in [-0.1, -0.05) is 6.07 Å². The Hall–Kier alpha value is -1.31. The molecule has 1 aromatic rings. The molecule has 1 rings (SSSR count). The Labute approximate surface area is 97.3 Å². The summed E-state index contributed by atoms with van der Waals surface area (Å²) in [4.78, 5) is 11.3. The molecule has 2 heteroatoms. The zero-order valence-electron chi connectivity index (χ0n) is 10.9. The standard InChI is InChI=1S/C14H20O2/c1-8-7-9(2)11(4)12(10(8)3)14(5,6)13(15)16/h7H,1-6H3,(H,15,16). The van der Waals surface area contributed by atoms with E-state index in [0.29, 0.717) is 0 Å². The molecule has 0 spiro atoms. The molecule has 0 saturated heterocycles. The van der Waals surface area contributed by atoms with Crippen LogP contribution >= 0.6 is 0 Å². The first kappa shape index (κ1) is 12.8. The number of rotatable bonds is 2. The molecule has 0 aliphatic rings. The van der Waals surface area contributed by atoms with Crippen LogP contribution in [0.15, 0.2) is 6.07 Å². The molecule has 88 valence electrons. The molecule has 0 unspecified atom stereocenters. The third-order valence-electron chi connectivity index (χ3n) is 3.53. The predicted molar refractivity (Wildman–Crippen MR) is 66.1 cm³/mol. The van der Waals surface area contributed by atoms with Crippen LogP contribution in [0.1, 0.15) is 41.7 Å². The van der Waals surface area contributed by atoms with E-state index in [0.717, 1.165) is 27.8 Å². The lowest BCUT2D eigenvalue weighted by molar-refractivity contribution is -0.142. The molecule has 1 aromatic carbocycles. The van der Waals surface area contributed by atoms with E-state index in [9.17, 15) is 9.90 Å². The molecule has 0 aliphatic carbocycles. The topological polar surface area (TPSA) is 37.3 Å². The zero-order chi connectivity index (χ0) is 12.7. The molecule has 0 fully saturated rings. The molecule has 0 amide bonds. The van der Waals surface area contributed by atoms with Crippen LogP contribution in [0.25, 0.3) is 0 Å². The maximum atomic E-state index is 11.3. The van der Waals surface area contributed by atoms with Crippen molar-refractivity contribution in [3.63, 3.8) is 0 Å². The summed E-state index contributed by atoms with van der Waals surface area (Å²) in [6, 6.07) is 2.12. The minimum atomic E-state index is -0.828. The number of hydrogen-bond acceptors (Lipinski definition) is 1. The van der Waals surface area contributed by atoms with Crippen molar-refractivity contribution in [2.24, 2.45) is 0 Å². The summed E-state index contributed by atoms with van der Waals surface area (Å²) in [5, 5.41) is 9.33. The third kappa shape index (κ3) is 1.84. The number of aliphatic carboxylic acids is 1. The van der Waals surface area contributed by atoms with Crippen molar-refractivity contribution >= 4 is 5.97 Å². The highest BCUT2D eigenvalue weighted by Gasteiger charge is 2.33. The van der Waals surface area contributed by atoms with Crippen LogP contribution in [0.3, 0.4) is 0 Å². The van der Waals surface area contributed by atoms with Crippen molar-refractivity contribution in [3.8, 4) is 0 Å². The largest absolute Gasteiger partial charge is 0.481 e. The second-order valence-corrected chi connectivity index (χ2v) is 5.07. The van der Waals surface area contributed by atoms with E-state index in [1.54, 1.807) is 13.8 Å². The number of carboxylic acids is 1. The van der Waals surface area contributed by atoms with Crippen LogP contribution in [0.5, 0.6) is 0 Å². The molecule has 16 heavy (non-hydrogen) atoms. The van der Waals surface area contributed by atoms with Gasteiger partial charge in [-0.25, -0.2) is 0 Å². The Balaban J connectivity index is 3.62. The number of carboxylic acid groups (broad SMARTS) is 1. The van der Waals surface area contributed by atoms with E-state index in [1.807, 2.05) is 27.7 Å². The molecule has 0 aromatic heterocycles. The molecule has 0 heterocycles. The molecule has 0 aliphatic heterocycles. The number of hydrogen-bond donors (Lipinski definition) is 1. The van der Waals surface area contributed by atoms with Crippen molar-refractivity contribution in [1.29, 1.82) is 0 Å². The Morgan fingerprint density at radius 1 is 1.06 bits per heavy atom. The summed E-state index contributed by atoms with van der Waals surface area (Å²) in [6.07, 6.45) is 0.